The number of Topliss-reactive ketones (excluding diaryl/α,β-unsaturated/α-hetero) is 1. The van der Waals surface area contributed by atoms with Crippen LogP contribution in [0.25, 0.3) is 0 Å². The number of amides is 2. The van der Waals surface area contributed by atoms with Crippen molar-refractivity contribution in [2.24, 2.45) is 11.8 Å². The second-order valence-corrected chi connectivity index (χ2v) is 9.47. The quantitative estimate of drug-likeness (QED) is 0.586. The van der Waals surface area contributed by atoms with Crippen LogP contribution in [-0.4, -0.2) is 41.6 Å². The van der Waals surface area contributed by atoms with Crippen LogP contribution < -0.4 is 5.32 Å². The summed E-state index contributed by atoms with van der Waals surface area (Å²) >= 11 is 12.0. The van der Waals surface area contributed by atoms with Crippen molar-refractivity contribution in [2.45, 2.75) is 39.7 Å². The molecule has 7 heteroatoms. The standard InChI is InChI=1S/C25H28Cl2N2O3/c1-15(2)22(28-24(31)19-6-4-5-16(3)13-19)25(32)29-11-9-17(10-12-29)23(30)18-7-8-20(26)21(27)14-18/h4-8,13-15,17,22H,9-12H2,1-3H3,(H,28,31). The predicted molar refractivity (Wildman–Crippen MR) is 127 cm³/mol. The number of piperidine rings is 1. The molecule has 1 aliphatic heterocycles. The maximum absolute atomic E-state index is 13.2. The summed E-state index contributed by atoms with van der Waals surface area (Å²) in [5.41, 5.74) is 2.06. The molecule has 1 N–H and O–H groups in total. The molecule has 1 atom stereocenters. The van der Waals surface area contributed by atoms with Gasteiger partial charge in [-0.2, -0.15) is 0 Å². The van der Waals surface area contributed by atoms with Crippen LogP contribution in [0.5, 0.6) is 0 Å². The lowest BCUT2D eigenvalue weighted by Crippen LogP contribution is -2.53. The zero-order valence-electron chi connectivity index (χ0n) is 18.5. The third-order valence-electron chi connectivity index (χ3n) is 5.88. The normalized spacial score (nSPS) is 15.5. The first-order valence-electron chi connectivity index (χ1n) is 10.8. The SMILES string of the molecule is Cc1cccc(C(=O)NC(C(=O)N2CCC(C(=O)c3ccc(Cl)c(Cl)c3)CC2)C(C)C)c1. The molecule has 0 spiro atoms. The summed E-state index contributed by atoms with van der Waals surface area (Å²) < 4.78 is 0. The van der Waals surface area contributed by atoms with Gasteiger partial charge in [-0.1, -0.05) is 54.7 Å². The van der Waals surface area contributed by atoms with Gasteiger partial charge >= 0.3 is 0 Å². The van der Waals surface area contributed by atoms with Gasteiger partial charge in [-0.3, -0.25) is 14.4 Å². The van der Waals surface area contributed by atoms with E-state index in [0.29, 0.717) is 47.1 Å². The van der Waals surface area contributed by atoms with E-state index in [1.165, 1.54) is 0 Å². The van der Waals surface area contributed by atoms with Crippen molar-refractivity contribution in [1.29, 1.82) is 0 Å². The number of benzene rings is 2. The van der Waals surface area contributed by atoms with Gasteiger partial charge in [-0.05, 0) is 56.0 Å². The van der Waals surface area contributed by atoms with E-state index in [9.17, 15) is 14.4 Å². The van der Waals surface area contributed by atoms with Crippen molar-refractivity contribution < 1.29 is 14.4 Å². The molecule has 1 heterocycles. The van der Waals surface area contributed by atoms with Gasteiger partial charge in [-0.25, -0.2) is 0 Å². The first-order chi connectivity index (χ1) is 15.2. The van der Waals surface area contributed by atoms with E-state index in [2.05, 4.69) is 5.32 Å². The molecule has 0 bridgehead atoms. The maximum Gasteiger partial charge on any atom is 0.251 e. The monoisotopic (exact) mass is 474 g/mol. The molecule has 0 saturated carbocycles. The van der Waals surface area contributed by atoms with Crippen LogP contribution in [0.4, 0.5) is 0 Å². The van der Waals surface area contributed by atoms with Gasteiger partial charge in [0.25, 0.3) is 5.91 Å². The van der Waals surface area contributed by atoms with E-state index >= 15 is 0 Å². The molecular formula is C25H28Cl2N2O3. The number of nitrogens with zero attached hydrogens (tertiary/aromatic N) is 1. The average Bonchev–Trinajstić information content (AvgIpc) is 2.78. The Balaban J connectivity index is 1.62. The highest BCUT2D eigenvalue weighted by Crippen LogP contribution is 2.27. The number of halogens is 2. The van der Waals surface area contributed by atoms with Crippen molar-refractivity contribution in [2.75, 3.05) is 13.1 Å². The van der Waals surface area contributed by atoms with E-state index in [-0.39, 0.29) is 29.4 Å². The van der Waals surface area contributed by atoms with E-state index in [4.69, 9.17) is 23.2 Å². The Morgan fingerprint density at radius 3 is 2.25 bits per heavy atom. The zero-order chi connectivity index (χ0) is 23.4. The minimum absolute atomic E-state index is 0.0174. The Morgan fingerprint density at radius 1 is 0.969 bits per heavy atom. The fraction of sp³-hybridized carbons (Fsp3) is 0.400. The lowest BCUT2D eigenvalue weighted by molar-refractivity contribution is -0.135. The Kier molecular flexibility index (Phi) is 7.96. The highest BCUT2D eigenvalue weighted by Gasteiger charge is 2.33. The second-order valence-electron chi connectivity index (χ2n) is 8.66. The van der Waals surface area contributed by atoms with Crippen molar-refractivity contribution in [1.82, 2.24) is 10.2 Å². The highest BCUT2D eigenvalue weighted by atomic mass is 35.5. The fourth-order valence-electron chi connectivity index (χ4n) is 3.97. The summed E-state index contributed by atoms with van der Waals surface area (Å²) in [5.74, 6) is -0.585. The molecule has 1 saturated heterocycles. The Bertz CT molecular complexity index is 1010. The number of hydrogen-bond donors (Lipinski definition) is 1. The van der Waals surface area contributed by atoms with Gasteiger partial charge in [0.1, 0.15) is 6.04 Å². The molecule has 0 aliphatic carbocycles. The summed E-state index contributed by atoms with van der Waals surface area (Å²) in [6, 6.07) is 11.6. The summed E-state index contributed by atoms with van der Waals surface area (Å²) in [6.45, 7) is 6.70. The zero-order valence-corrected chi connectivity index (χ0v) is 20.0. The van der Waals surface area contributed by atoms with Crippen LogP contribution in [-0.2, 0) is 4.79 Å². The largest absolute Gasteiger partial charge is 0.341 e. The van der Waals surface area contributed by atoms with E-state index < -0.39 is 6.04 Å². The number of carbonyl (C=O) groups is 3. The number of likely N-dealkylation sites (tertiary alicyclic amines) is 1. The molecule has 1 fully saturated rings. The lowest BCUT2D eigenvalue weighted by Gasteiger charge is -2.35. The van der Waals surface area contributed by atoms with Gasteiger partial charge < -0.3 is 10.2 Å². The topological polar surface area (TPSA) is 66.5 Å². The number of rotatable bonds is 6. The van der Waals surface area contributed by atoms with Crippen molar-refractivity contribution in [3.05, 3.63) is 69.2 Å². The lowest BCUT2D eigenvalue weighted by atomic mass is 9.88. The molecule has 2 aromatic rings. The molecular weight excluding hydrogens is 447 g/mol. The van der Waals surface area contributed by atoms with Crippen LogP contribution in [0, 0.1) is 18.8 Å². The van der Waals surface area contributed by atoms with Crippen LogP contribution in [0.15, 0.2) is 42.5 Å². The number of ketones is 1. The summed E-state index contributed by atoms with van der Waals surface area (Å²) in [4.78, 5) is 40.5. The predicted octanol–water partition coefficient (Wildman–Crippen LogP) is 5.18. The Labute approximate surface area is 199 Å². The Morgan fingerprint density at radius 2 is 1.66 bits per heavy atom. The fourth-order valence-corrected chi connectivity index (χ4v) is 4.27. The summed E-state index contributed by atoms with van der Waals surface area (Å²) in [7, 11) is 0. The number of nitrogens with one attached hydrogen (secondary N) is 1. The smallest absolute Gasteiger partial charge is 0.251 e. The van der Waals surface area contributed by atoms with E-state index in [0.717, 1.165) is 5.56 Å². The number of aryl methyl sites for hydroxylation is 1. The van der Waals surface area contributed by atoms with Crippen LogP contribution >= 0.6 is 23.2 Å². The highest BCUT2D eigenvalue weighted by molar-refractivity contribution is 6.42. The van der Waals surface area contributed by atoms with Gasteiger partial charge in [-0.15, -0.1) is 0 Å². The minimum Gasteiger partial charge on any atom is -0.341 e. The van der Waals surface area contributed by atoms with Crippen LogP contribution in [0.1, 0.15) is 53.0 Å². The minimum atomic E-state index is -0.620. The third kappa shape index (κ3) is 5.70. The van der Waals surface area contributed by atoms with E-state index in [1.807, 2.05) is 32.9 Å². The van der Waals surface area contributed by atoms with Crippen LogP contribution in [0.2, 0.25) is 10.0 Å². The number of hydrogen-bond acceptors (Lipinski definition) is 3. The average molecular weight is 475 g/mol. The molecule has 1 aliphatic rings. The Hall–Kier alpha value is -2.37. The van der Waals surface area contributed by atoms with Crippen molar-refractivity contribution >= 4 is 40.8 Å². The maximum atomic E-state index is 13.2. The molecule has 2 aromatic carbocycles. The molecule has 5 nitrogen and oxygen atoms in total. The van der Waals surface area contributed by atoms with Gasteiger partial charge in [0, 0.05) is 30.1 Å². The molecule has 0 aromatic heterocycles. The second kappa shape index (κ2) is 10.5. The van der Waals surface area contributed by atoms with Crippen molar-refractivity contribution in [3.63, 3.8) is 0 Å². The third-order valence-corrected chi connectivity index (χ3v) is 6.62. The van der Waals surface area contributed by atoms with Gasteiger partial charge in [0.05, 0.1) is 10.0 Å². The summed E-state index contributed by atoms with van der Waals surface area (Å²) in [5, 5.41) is 3.67. The van der Waals surface area contributed by atoms with Gasteiger partial charge in [0.15, 0.2) is 5.78 Å². The first kappa shape index (κ1) is 24.3. The van der Waals surface area contributed by atoms with E-state index in [1.54, 1.807) is 35.2 Å². The molecule has 0 radical (unpaired) electrons. The molecule has 32 heavy (non-hydrogen) atoms. The van der Waals surface area contributed by atoms with Gasteiger partial charge in [0.2, 0.25) is 5.91 Å². The molecule has 2 amide bonds. The van der Waals surface area contributed by atoms with Crippen LogP contribution in [0.3, 0.4) is 0 Å². The molecule has 170 valence electrons. The number of carbonyl (C=O) groups excluding carboxylic acids is 3. The molecule has 1 unspecified atom stereocenters. The first-order valence-corrected chi connectivity index (χ1v) is 11.6. The molecule has 3 rings (SSSR count). The van der Waals surface area contributed by atoms with Crippen molar-refractivity contribution in [3.8, 4) is 0 Å². The summed E-state index contributed by atoms with van der Waals surface area (Å²) in [6.07, 6.45) is 1.14.